The Kier molecular flexibility index (Phi) is 8.40. The fraction of sp³-hybridized carbons (Fsp3) is 1.00. The Labute approximate surface area is 98.2 Å². The summed E-state index contributed by atoms with van der Waals surface area (Å²) in [5.41, 5.74) is 0. The van der Waals surface area contributed by atoms with Gasteiger partial charge in [0.05, 0.1) is 34.4 Å². The van der Waals surface area contributed by atoms with E-state index in [0.29, 0.717) is 6.61 Å². The molecule has 2 N–H and O–H groups in total. The molecule has 98 valence electrons. The van der Waals surface area contributed by atoms with E-state index in [9.17, 15) is 0 Å². The van der Waals surface area contributed by atoms with Crippen LogP contribution in [0.1, 0.15) is 0 Å². The van der Waals surface area contributed by atoms with Crippen molar-refractivity contribution in [1.82, 2.24) is 0 Å². The molecule has 0 aliphatic heterocycles. The molecule has 0 saturated heterocycles. The van der Waals surface area contributed by atoms with Crippen molar-refractivity contribution in [1.29, 1.82) is 0 Å². The molecule has 0 aromatic rings. The number of hydrogen-bond acceptors (Lipinski definition) is 5. The zero-order valence-corrected chi connectivity index (χ0v) is 11.3. The monoisotopic (exact) mass is 256 g/mol. The van der Waals surface area contributed by atoms with Crippen molar-refractivity contribution in [3.05, 3.63) is 0 Å². The molecule has 0 aliphatic rings. The van der Waals surface area contributed by atoms with Crippen molar-refractivity contribution >= 4 is 8.38 Å². The van der Waals surface area contributed by atoms with Crippen molar-refractivity contribution in [2.24, 2.45) is 0 Å². The van der Waals surface area contributed by atoms with Crippen molar-refractivity contribution in [3.63, 3.8) is 0 Å². The Morgan fingerprint density at radius 2 is 1.94 bits per heavy atom. The van der Waals surface area contributed by atoms with Gasteiger partial charge in [-0.3, -0.25) is 0 Å². The first-order valence-corrected chi connectivity index (χ1v) is 6.73. The van der Waals surface area contributed by atoms with Crippen LogP contribution in [-0.4, -0.2) is 75.0 Å². The summed E-state index contributed by atoms with van der Waals surface area (Å²) in [6.07, 6.45) is -0.861. The molecule has 2 unspecified atom stereocenters. The lowest BCUT2D eigenvalue weighted by Crippen LogP contribution is -2.37. The average Bonchev–Trinajstić information content (AvgIpc) is 2.19. The quantitative estimate of drug-likeness (QED) is 0.199. The van der Waals surface area contributed by atoms with E-state index in [-0.39, 0.29) is 13.2 Å². The molecule has 0 spiro atoms. The molecule has 0 aromatic carbocycles. The largest absolute Gasteiger partial charge is 0.394 e. The highest BCUT2D eigenvalue weighted by molar-refractivity contribution is 7.46. The minimum Gasteiger partial charge on any atom is -0.394 e. The van der Waals surface area contributed by atoms with Crippen LogP contribution in [0.5, 0.6) is 0 Å². The van der Waals surface area contributed by atoms with Crippen LogP contribution >= 0.6 is 8.38 Å². The van der Waals surface area contributed by atoms with Crippen LogP contribution in [0.2, 0.25) is 0 Å². The van der Waals surface area contributed by atoms with Gasteiger partial charge in [0.2, 0.25) is 8.38 Å². The molecule has 0 saturated carbocycles. The first-order valence-electron chi connectivity index (χ1n) is 5.11. The molecule has 16 heavy (non-hydrogen) atoms. The lowest BCUT2D eigenvalue weighted by molar-refractivity contribution is -0.871. The molecule has 0 heterocycles. The summed E-state index contributed by atoms with van der Waals surface area (Å²) in [6.45, 7) is 2.79. The van der Waals surface area contributed by atoms with Crippen LogP contribution < -0.4 is 0 Å². The van der Waals surface area contributed by atoms with Gasteiger partial charge in [0.15, 0.2) is 0 Å². The minimum atomic E-state index is -1.17. The number of aliphatic hydroxyl groups excluding tert-OH is 2. The molecular weight excluding hydrogens is 233 g/mol. The predicted octanol–water partition coefficient (Wildman–Crippen LogP) is -0.0477. The third-order valence-corrected chi connectivity index (χ3v) is 2.49. The van der Waals surface area contributed by atoms with Crippen LogP contribution in [0.25, 0.3) is 0 Å². The van der Waals surface area contributed by atoms with E-state index in [1.165, 1.54) is 0 Å². The molecule has 0 bridgehead atoms. The van der Waals surface area contributed by atoms with E-state index in [1.807, 2.05) is 0 Å². The van der Waals surface area contributed by atoms with Gasteiger partial charge in [-0.25, -0.2) is 4.89 Å². The van der Waals surface area contributed by atoms with Gasteiger partial charge in [-0.05, 0) is 0 Å². The maximum atomic E-state index is 9.02. The molecule has 0 amide bonds. The Morgan fingerprint density at radius 1 is 1.31 bits per heavy atom. The Morgan fingerprint density at radius 3 is 2.44 bits per heavy atom. The number of aliphatic hydroxyl groups is 2. The molecular formula is C9H23NO5P+. The molecule has 7 heteroatoms. The standard InChI is InChI=1S/C9H23NO5P/c1-10(2,3)5-6-13-15-16(4)14-8-9(12)7-11/h9,11-12H,5-8H2,1-4H3/q+1. The van der Waals surface area contributed by atoms with Gasteiger partial charge in [-0.15, -0.1) is 0 Å². The predicted molar refractivity (Wildman–Crippen MR) is 61.8 cm³/mol. The van der Waals surface area contributed by atoms with Crippen molar-refractivity contribution in [2.75, 3.05) is 54.2 Å². The van der Waals surface area contributed by atoms with Gasteiger partial charge in [0.25, 0.3) is 0 Å². The van der Waals surface area contributed by atoms with Crippen LogP contribution in [-0.2, 0) is 14.1 Å². The van der Waals surface area contributed by atoms with Gasteiger partial charge in [-0.1, -0.05) is 0 Å². The Bertz CT molecular complexity index is 176. The third kappa shape index (κ3) is 10.7. The second kappa shape index (κ2) is 8.31. The van der Waals surface area contributed by atoms with Crippen LogP contribution in [0.4, 0.5) is 0 Å². The summed E-state index contributed by atoms with van der Waals surface area (Å²) in [4.78, 5) is 4.98. The van der Waals surface area contributed by atoms with Gasteiger partial charge in [-0.2, -0.15) is 4.67 Å². The van der Waals surface area contributed by atoms with Crippen LogP contribution in [0.3, 0.4) is 0 Å². The number of likely N-dealkylation sites (N-methyl/N-ethyl adjacent to an activating group) is 1. The van der Waals surface area contributed by atoms with Crippen molar-refractivity contribution < 1.29 is 28.8 Å². The first kappa shape index (κ1) is 16.2. The van der Waals surface area contributed by atoms with E-state index in [4.69, 9.17) is 24.3 Å². The third-order valence-electron chi connectivity index (χ3n) is 1.66. The summed E-state index contributed by atoms with van der Waals surface area (Å²) in [5, 5.41) is 17.6. The summed E-state index contributed by atoms with van der Waals surface area (Å²) >= 11 is 0. The molecule has 2 atom stereocenters. The van der Waals surface area contributed by atoms with E-state index in [1.54, 1.807) is 6.66 Å². The van der Waals surface area contributed by atoms with Gasteiger partial charge < -0.3 is 19.2 Å². The molecule has 0 radical (unpaired) electrons. The molecule has 0 fully saturated rings. The Balaban J connectivity index is 3.40. The maximum absolute atomic E-state index is 9.02. The SMILES string of the molecule is CP(OCC(O)CO)OOCC[N+](C)(C)C. The van der Waals surface area contributed by atoms with Crippen molar-refractivity contribution in [3.8, 4) is 0 Å². The normalized spacial score (nSPS) is 16.1. The summed E-state index contributed by atoms with van der Waals surface area (Å²) < 4.78 is 10.9. The molecule has 6 nitrogen and oxygen atoms in total. The topological polar surface area (TPSA) is 68.2 Å². The van der Waals surface area contributed by atoms with Crippen LogP contribution in [0, 0.1) is 0 Å². The lowest BCUT2D eigenvalue weighted by atomic mass is 10.4. The molecule has 0 rings (SSSR count). The summed E-state index contributed by atoms with van der Waals surface area (Å²) in [7, 11) is 5.02. The average molecular weight is 256 g/mol. The minimum absolute atomic E-state index is 0.0530. The second-order valence-corrected chi connectivity index (χ2v) is 5.77. The first-order chi connectivity index (χ1) is 7.35. The number of quaternary nitrogens is 1. The fourth-order valence-electron chi connectivity index (χ4n) is 0.688. The van der Waals surface area contributed by atoms with E-state index in [0.717, 1.165) is 11.0 Å². The number of nitrogens with zero attached hydrogens (tertiary/aromatic N) is 1. The van der Waals surface area contributed by atoms with E-state index in [2.05, 4.69) is 21.1 Å². The van der Waals surface area contributed by atoms with Crippen molar-refractivity contribution in [2.45, 2.75) is 6.10 Å². The second-order valence-electron chi connectivity index (χ2n) is 4.48. The van der Waals surface area contributed by atoms with Gasteiger partial charge >= 0.3 is 0 Å². The maximum Gasteiger partial charge on any atom is 0.205 e. The zero-order valence-electron chi connectivity index (χ0n) is 10.4. The smallest absolute Gasteiger partial charge is 0.205 e. The Hall–Kier alpha value is 0.190. The molecule has 0 aliphatic carbocycles. The van der Waals surface area contributed by atoms with Crippen LogP contribution in [0.15, 0.2) is 0 Å². The highest BCUT2D eigenvalue weighted by Gasteiger charge is 2.10. The highest BCUT2D eigenvalue weighted by Crippen LogP contribution is 2.33. The fourth-order valence-corrected chi connectivity index (χ4v) is 1.34. The summed E-state index contributed by atoms with van der Waals surface area (Å²) in [5.74, 6) is 0. The molecule has 0 aromatic heterocycles. The van der Waals surface area contributed by atoms with Gasteiger partial charge in [0.1, 0.15) is 19.3 Å². The van der Waals surface area contributed by atoms with Gasteiger partial charge in [0, 0.05) is 6.66 Å². The number of hydrogen-bond donors (Lipinski definition) is 2. The summed E-state index contributed by atoms with van der Waals surface area (Å²) in [6, 6.07) is 0. The van der Waals surface area contributed by atoms with E-state index >= 15 is 0 Å². The zero-order chi connectivity index (χ0) is 12.6. The number of rotatable bonds is 9. The van der Waals surface area contributed by atoms with E-state index < -0.39 is 14.5 Å². The lowest BCUT2D eigenvalue weighted by Gasteiger charge is -2.23. The highest BCUT2D eigenvalue weighted by atomic mass is 31.2.